The van der Waals surface area contributed by atoms with Gasteiger partial charge in [0.1, 0.15) is 5.60 Å². The molecule has 1 saturated heterocycles. The van der Waals surface area contributed by atoms with Gasteiger partial charge in [-0.25, -0.2) is 9.59 Å². The van der Waals surface area contributed by atoms with Crippen molar-refractivity contribution >= 4 is 12.1 Å². The summed E-state index contributed by atoms with van der Waals surface area (Å²) < 4.78 is 36.9. The average Bonchev–Trinajstić information content (AvgIpc) is 2.26. The zero-order valence-electron chi connectivity index (χ0n) is 12.2. The Morgan fingerprint density at radius 2 is 1.62 bits per heavy atom. The molecule has 1 aliphatic rings. The van der Waals surface area contributed by atoms with Gasteiger partial charge in [0.15, 0.2) is 0 Å². The van der Waals surface area contributed by atoms with Crippen LogP contribution in [0.1, 0.15) is 33.6 Å². The largest absolute Gasteiger partial charge is 0.490 e. The van der Waals surface area contributed by atoms with Gasteiger partial charge in [0.2, 0.25) is 0 Å². The monoisotopic (exact) mass is 314 g/mol. The molecule has 124 valence electrons. The summed E-state index contributed by atoms with van der Waals surface area (Å²) in [6, 6.07) is 0.270. The Hall–Kier alpha value is -1.51. The fraction of sp³-hybridized carbons (Fsp3) is 0.833. The quantitative estimate of drug-likeness (QED) is 0.688. The van der Waals surface area contributed by atoms with Gasteiger partial charge >= 0.3 is 18.2 Å². The minimum atomic E-state index is -5.08. The molecule has 0 radical (unpaired) electrons. The molecule has 0 aromatic carbocycles. The van der Waals surface area contributed by atoms with Gasteiger partial charge in [0.05, 0.1) is 0 Å². The number of alkyl carbamates (subject to hydrolysis) is 1. The summed E-state index contributed by atoms with van der Waals surface area (Å²) in [5.74, 6) is -2.76. The third-order valence-electron chi connectivity index (χ3n) is 2.30. The Balaban J connectivity index is 0.000000486. The van der Waals surface area contributed by atoms with Gasteiger partial charge in [0, 0.05) is 6.04 Å². The highest BCUT2D eigenvalue weighted by atomic mass is 19.4. The molecule has 1 rings (SSSR count). The van der Waals surface area contributed by atoms with Crippen LogP contribution in [0.2, 0.25) is 0 Å². The molecule has 0 unspecified atom stereocenters. The third-order valence-corrected chi connectivity index (χ3v) is 2.30. The summed E-state index contributed by atoms with van der Waals surface area (Å²) in [7, 11) is 0. The smallest absolute Gasteiger partial charge is 0.475 e. The van der Waals surface area contributed by atoms with E-state index in [1.807, 2.05) is 20.8 Å². The minimum Gasteiger partial charge on any atom is -0.475 e. The van der Waals surface area contributed by atoms with Crippen molar-refractivity contribution in [2.75, 3.05) is 13.1 Å². The molecule has 0 aromatic heterocycles. The summed E-state index contributed by atoms with van der Waals surface area (Å²) in [5.41, 5.74) is -0.406. The second kappa shape index (κ2) is 8.06. The number of piperidine rings is 1. The number of aliphatic carboxylic acids is 1. The standard InChI is InChI=1S/C10H20N2O2.C2HF3O2/c1-10(2,3)14-9(13)12-8-4-6-11-7-5-8;3-2(4,5)1(6)7/h8,11H,4-7H2,1-3H3,(H,12,13);(H,6,7). The summed E-state index contributed by atoms with van der Waals surface area (Å²) in [6.45, 7) is 7.56. The number of hydrogen-bond donors (Lipinski definition) is 3. The van der Waals surface area contributed by atoms with Crippen LogP contribution in [0.15, 0.2) is 0 Å². The van der Waals surface area contributed by atoms with Crippen LogP contribution in [0.5, 0.6) is 0 Å². The molecular formula is C12H21F3N2O4. The third kappa shape index (κ3) is 10.9. The summed E-state index contributed by atoms with van der Waals surface area (Å²) in [6.07, 6.45) is -3.41. The average molecular weight is 314 g/mol. The fourth-order valence-electron chi connectivity index (χ4n) is 1.44. The Labute approximate surface area is 121 Å². The molecule has 0 atom stereocenters. The summed E-state index contributed by atoms with van der Waals surface area (Å²) in [4.78, 5) is 20.3. The Kier molecular flexibility index (Phi) is 7.48. The predicted octanol–water partition coefficient (Wildman–Crippen LogP) is 1.90. The Morgan fingerprint density at radius 1 is 1.19 bits per heavy atom. The van der Waals surface area contributed by atoms with Gasteiger partial charge in [-0.3, -0.25) is 0 Å². The van der Waals surface area contributed by atoms with Crippen LogP contribution in [0.25, 0.3) is 0 Å². The molecule has 3 N–H and O–H groups in total. The van der Waals surface area contributed by atoms with Gasteiger partial charge in [0.25, 0.3) is 0 Å². The first-order valence-corrected chi connectivity index (χ1v) is 6.42. The maximum atomic E-state index is 11.4. The van der Waals surface area contributed by atoms with E-state index in [0.717, 1.165) is 25.9 Å². The van der Waals surface area contributed by atoms with E-state index in [1.54, 1.807) is 0 Å². The summed E-state index contributed by atoms with van der Waals surface area (Å²) >= 11 is 0. The first-order valence-electron chi connectivity index (χ1n) is 6.42. The van der Waals surface area contributed by atoms with Gasteiger partial charge in [-0.05, 0) is 46.7 Å². The Bertz CT molecular complexity index is 347. The van der Waals surface area contributed by atoms with Crippen LogP contribution < -0.4 is 10.6 Å². The van der Waals surface area contributed by atoms with Crippen LogP contribution in [0.3, 0.4) is 0 Å². The molecule has 21 heavy (non-hydrogen) atoms. The number of alkyl halides is 3. The maximum absolute atomic E-state index is 11.4. The number of amides is 1. The highest BCUT2D eigenvalue weighted by molar-refractivity contribution is 5.73. The van der Waals surface area contributed by atoms with E-state index in [9.17, 15) is 18.0 Å². The maximum Gasteiger partial charge on any atom is 0.490 e. The lowest BCUT2D eigenvalue weighted by Gasteiger charge is -2.26. The lowest BCUT2D eigenvalue weighted by atomic mass is 10.1. The molecular weight excluding hydrogens is 293 g/mol. The SMILES string of the molecule is CC(C)(C)OC(=O)NC1CCNCC1.O=C(O)C(F)(F)F. The number of carboxylic acids is 1. The van der Waals surface area contributed by atoms with Gasteiger partial charge < -0.3 is 20.5 Å². The van der Waals surface area contributed by atoms with Gasteiger partial charge in [-0.2, -0.15) is 13.2 Å². The highest BCUT2D eigenvalue weighted by Gasteiger charge is 2.38. The zero-order valence-corrected chi connectivity index (χ0v) is 12.2. The Morgan fingerprint density at radius 3 is 1.95 bits per heavy atom. The first-order chi connectivity index (χ1) is 9.42. The normalized spacial score (nSPS) is 16.5. The highest BCUT2D eigenvalue weighted by Crippen LogP contribution is 2.13. The zero-order chi connectivity index (χ0) is 16.7. The second-order valence-corrected chi connectivity index (χ2v) is 5.47. The van der Waals surface area contributed by atoms with Crippen LogP contribution >= 0.6 is 0 Å². The first kappa shape index (κ1) is 19.5. The van der Waals surface area contributed by atoms with Crippen molar-refractivity contribution < 1.29 is 32.6 Å². The van der Waals surface area contributed by atoms with E-state index in [2.05, 4.69) is 10.6 Å². The van der Waals surface area contributed by atoms with Gasteiger partial charge in [-0.15, -0.1) is 0 Å². The topological polar surface area (TPSA) is 87.7 Å². The van der Waals surface area contributed by atoms with Crippen molar-refractivity contribution in [2.24, 2.45) is 0 Å². The molecule has 0 aliphatic carbocycles. The van der Waals surface area contributed by atoms with E-state index < -0.39 is 17.7 Å². The molecule has 6 nitrogen and oxygen atoms in total. The van der Waals surface area contributed by atoms with Crippen molar-refractivity contribution in [3.63, 3.8) is 0 Å². The number of nitrogens with one attached hydrogen (secondary N) is 2. The van der Waals surface area contributed by atoms with E-state index >= 15 is 0 Å². The van der Waals surface area contributed by atoms with E-state index in [-0.39, 0.29) is 12.1 Å². The number of carbonyl (C=O) groups is 2. The molecule has 0 bridgehead atoms. The molecule has 1 aliphatic heterocycles. The van der Waals surface area contributed by atoms with Crippen molar-refractivity contribution in [1.29, 1.82) is 0 Å². The molecule has 0 saturated carbocycles. The lowest BCUT2D eigenvalue weighted by Crippen LogP contribution is -2.44. The van der Waals surface area contributed by atoms with E-state index in [0.29, 0.717) is 0 Å². The van der Waals surface area contributed by atoms with Crippen molar-refractivity contribution in [3.05, 3.63) is 0 Å². The van der Waals surface area contributed by atoms with Crippen molar-refractivity contribution in [2.45, 2.75) is 51.4 Å². The van der Waals surface area contributed by atoms with Crippen molar-refractivity contribution in [1.82, 2.24) is 10.6 Å². The number of halogens is 3. The molecule has 1 heterocycles. The molecule has 1 amide bonds. The number of rotatable bonds is 1. The van der Waals surface area contributed by atoms with Crippen LogP contribution in [-0.4, -0.2) is 48.1 Å². The molecule has 1 fully saturated rings. The number of ether oxygens (including phenoxy) is 1. The lowest BCUT2D eigenvalue weighted by molar-refractivity contribution is -0.192. The van der Waals surface area contributed by atoms with Gasteiger partial charge in [-0.1, -0.05) is 0 Å². The number of hydrogen-bond acceptors (Lipinski definition) is 4. The van der Waals surface area contributed by atoms with E-state index in [1.165, 1.54) is 0 Å². The van der Waals surface area contributed by atoms with E-state index in [4.69, 9.17) is 14.6 Å². The predicted molar refractivity (Wildman–Crippen MR) is 69.0 cm³/mol. The second-order valence-electron chi connectivity index (χ2n) is 5.47. The molecule has 0 spiro atoms. The number of carboxylic acid groups (broad SMARTS) is 1. The minimum absolute atomic E-state index is 0.270. The molecule has 9 heteroatoms. The van der Waals surface area contributed by atoms with Crippen LogP contribution in [0, 0.1) is 0 Å². The fourth-order valence-corrected chi connectivity index (χ4v) is 1.44. The van der Waals surface area contributed by atoms with Crippen LogP contribution in [0.4, 0.5) is 18.0 Å². The molecule has 0 aromatic rings. The number of carbonyl (C=O) groups excluding carboxylic acids is 1. The van der Waals surface area contributed by atoms with Crippen LogP contribution in [-0.2, 0) is 9.53 Å². The summed E-state index contributed by atoms with van der Waals surface area (Å²) in [5, 5.41) is 13.2. The van der Waals surface area contributed by atoms with Crippen molar-refractivity contribution in [3.8, 4) is 0 Å².